The van der Waals surface area contributed by atoms with Gasteiger partial charge >= 0.3 is 0 Å². The van der Waals surface area contributed by atoms with Crippen molar-refractivity contribution in [2.24, 2.45) is 0 Å². The van der Waals surface area contributed by atoms with Gasteiger partial charge in [0.1, 0.15) is 0 Å². The molecular weight excluding hydrogens is 287 g/mol. The SMILES string of the molecule is O=C(c1cccc(Cl)c1)c1ccccc1Br. The van der Waals surface area contributed by atoms with E-state index in [1.807, 2.05) is 18.2 Å². The van der Waals surface area contributed by atoms with Crippen LogP contribution in [0.2, 0.25) is 5.02 Å². The monoisotopic (exact) mass is 294 g/mol. The Labute approximate surface area is 107 Å². The van der Waals surface area contributed by atoms with E-state index in [0.717, 1.165) is 4.47 Å². The molecule has 2 aromatic rings. The molecule has 16 heavy (non-hydrogen) atoms. The zero-order chi connectivity index (χ0) is 11.5. The minimum atomic E-state index is -0.0324. The fraction of sp³-hybridized carbons (Fsp3) is 0. The summed E-state index contributed by atoms with van der Waals surface area (Å²) in [5, 5.41) is 0.568. The Morgan fingerprint density at radius 2 is 1.81 bits per heavy atom. The van der Waals surface area contributed by atoms with Crippen molar-refractivity contribution in [2.45, 2.75) is 0 Å². The van der Waals surface area contributed by atoms with E-state index >= 15 is 0 Å². The first-order valence-corrected chi connectivity index (χ1v) is 5.90. The van der Waals surface area contributed by atoms with Gasteiger partial charge in [0.2, 0.25) is 0 Å². The summed E-state index contributed by atoms with van der Waals surface area (Å²) in [7, 11) is 0. The molecule has 0 aliphatic carbocycles. The van der Waals surface area contributed by atoms with Crippen LogP contribution in [0, 0.1) is 0 Å². The molecule has 0 N–H and O–H groups in total. The van der Waals surface area contributed by atoms with Crippen LogP contribution in [0.1, 0.15) is 15.9 Å². The lowest BCUT2D eigenvalue weighted by atomic mass is 10.0. The Morgan fingerprint density at radius 3 is 2.50 bits per heavy atom. The highest BCUT2D eigenvalue weighted by atomic mass is 79.9. The third-order valence-corrected chi connectivity index (χ3v) is 3.13. The quantitative estimate of drug-likeness (QED) is 0.754. The van der Waals surface area contributed by atoms with Crippen molar-refractivity contribution < 1.29 is 4.79 Å². The summed E-state index contributed by atoms with van der Waals surface area (Å²) in [4.78, 5) is 12.1. The molecule has 0 saturated heterocycles. The van der Waals surface area contributed by atoms with E-state index in [4.69, 9.17) is 11.6 Å². The fourth-order valence-corrected chi connectivity index (χ4v) is 2.09. The second kappa shape index (κ2) is 4.81. The number of carbonyl (C=O) groups excluding carboxylic acids is 1. The van der Waals surface area contributed by atoms with Crippen molar-refractivity contribution in [1.82, 2.24) is 0 Å². The summed E-state index contributed by atoms with van der Waals surface area (Å²) in [6, 6.07) is 14.3. The van der Waals surface area contributed by atoms with Crippen molar-refractivity contribution in [3.63, 3.8) is 0 Å². The summed E-state index contributed by atoms with van der Waals surface area (Å²) in [6.07, 6.45) is 0. The summed E-state index contributed by atoms with van der Waals surface area (Å²) in [6.45, 7) is 0. The van der Waals surface area contributed by atoms with E-state index in [1.165, 1.54) is 0 Å². The van der Waals surface area contributed by atoms with Crippen LogP contribution in [0.25, 0.3) is 0 Å². The highest BCUT2D eigenvalue weighted by molar-refractivity contribution is 9.10. The second-order valence-corrected chi connectivity index (χ2v) is 4.61. The van der Waals surface area contributed by atoms with Gasteiger partial charge in [-0.25, -0.2) is 0 Å². The number of ketones is 1. The number of benzene rings is 2. The highest BCUT2D eigenvalue weighted by Crippen LogP contribution is 2.21. The van der Waals surface area contributed by atoms with Gasteiger partial charge in [-0.15, -0.1) is 0 Å². The zero-order valence-corrected chi connectivity index (χ0v) is 10.6. The van der Waals surface area contributed by atoms with Gasteiger partial charge in [-0.1, -0.05) is 51.8 Å². The second-order valence-electron chi connectivity index (χ2n) is 3.32. The maximum absolute atomic E-state index is 12.1. The average Bonchev–Trinajstić information content (AvgIpc) is 2.29. The van der Waals surface area contributed by atoms with E-state index in [1.54, 1.807) is 30.3 Å². The Bertz CT molecular complexity index is 537. The molecule has 0 spiro atoms. The molecule has 0 fully saturated rings. The van der Waals surface area contributed by atoms with Gasteiger partial charge in [0.05, 0.1) is 0 Å². The topological polar surface area (TPSA) is 17.1 Å². The summed E-state index contributed by atoms with van der Waals surface area (Å²) >= 11 is 9.21. The maximum atomic E-state index is 12.1. The Morgan fingerprint density at radius 1 is 1.06 bits per heavy atom. The van der Waals surface area contributed by atoms with Crippen molar-refractivity contribution >= 4 is 33.3 Å². The van der Waals surface area contributed by atoms with E-state index in [0.29, 0.717) is 16.1 Å². The summed E-state index contributed by atoms with van der Waals surface area (Å²) in [5.74, 6) is -0.0324. The Kier molecular flexibility index (Phi) is 3.42. The number of hydrogen-bond acceptors (Lipinski definition) is 1. The van der Waals surface area contributed by atoms with Crippen LogP contribution >= 0.6 is 27.5 Å². The van der Waals surface area contributed by atoms with Gasteiger partial charge in [-0.05, 0) is 24.3 Å². The Balaban J connectivity index is 2.44. The van der Waals surface area contributed by atoms with E-state index < -0.39 is 0 Å². The maximum Gasteiger partial charge on any atom is 0.194 e. The van der Waals surface area contributed by atoms with Crippen molar-refractivity contribution in [3.05, 3.63) is 69.2 Å². The summed E-state index contributed by atoms with van der Waals surface area (Å²) < 4.78 is 0.792. The number of carbonyl (C=O) groups is 1. The first-order valence-electron chi connectivity index (χ1n) is 4.73. The van der Waals surface area contributed by atoms with Gasteiger partial charge in [-0.2, -0.15) is 0 Å². The number of hydrogen-bond donors (Lipinski definition) is 0. The lowest BCUT2D eigenvalue weighted by molar-refractivity contribution is 0.103. The molecule has 0 aromatic heterocycles. The number of rotatable bonds is 2. The molecule has 0 amide bonds. The predicted octanol–water partition coefficient (Wildman–Crippen LogP) is 4.33. The molecule has 0 atom stereocenters. The third-order valence-electron chi connectivity index (χ3n) is 2.21. The molecule has 0 saturated carbocycles. The zero-order valence-electron chi connectivity index (χ0n) is 8.28. The fourth-order valence-electron chi connectivity index (χ4n) is 1.43. The lowest BCUT2D eigenvalue weighted by Gasteiger charge is -2.03. The van der Waals surface area contributed by atoms with E-state index in [9.17, 15) is 4.79 Å². The molecule has 0 unspecified atom stereocenters. The van der Waals surface area contributed by atoms with Crippen molar-refractivity contribution in [2.75, 3.05) is 0 Å². The third kappa shape index (κ3) is 2.34. The standard InChI is InChI=1S/C13H8BrClO/c14-12-7-2-1-6-11(12)13(16)9-4-3-5-10(15)8-9/h1-8H. The van der Waals surface area contributed by atoms with Crippen molar-refractivity contribution in [1.29, 1.82) is 0 Å². The molecule has 3 heteroatoms. The van der Waals surface area contributed by atoms with Crippen molar-refractivity contribution in [3.8, 4) is 0 Å². The molecule has 0 radical (unpaired) electrons. The van der Waals surface area contributed by atoms with E-state index in [2.05, 4.69) is 15.9 Å². The van der Waals surface area contributed by atoms with Gasteiger partial charge in [0.25, 0.3) is 0 Å². The van der Waals surface area contributed by atoms with Crippen LogP contribution in [0.5, 0.6) is 0 Å². The van der Waals surface area contributed by atoms with Crippen LogP contribution < -0.4 is 0 Å². The van der Waals surface area contributed by atoms with Gasteiger partial charge in [0, 0.05) is 20.6 Å². The minimum absolute atomic E-state index is 0.0324. The lowest BCUT2D eigenvalue weighted by Crippen LogP contribution is -2.01. The molecule has 0 aliphatic heterocycles. The molecule has 80 valence electrons. The molecule has 1 nitrogen and oxygen atoms in total. The molecule has 0 aliphatic rings. The van der Waals surface area contributed by atoms with Gasteiger partial charge in [0.15, 0.2) is 5.78 Å². The number of halogens is 2. The first kappa shape index (κ1) is 11.4. The summed E-state index contributed by atoms with van der Waals surface area (Å²) in [5.41, 5.74) is 1.24. The van der Waals surface area contributed by atoms with Crippen LogP contribution in [-0.4, -0.2) is 5.78 Å². The minimum Gasteiger partial charge on any atom is -0.289 e. The molecular formula is C13H8BrClO. The largest absolute Gasteiger partial charge is 0.289 e. The smallest absolute Gasteiger partial charge is 0.194 e. The van der Waals surface area contributed by atoms with Crippen LogP contribution in [-0.2, 0) is 0 Å². The van der Waals surface area contributed by atoms with E-state index in [-0.39, 0.29) is 5.78 Å². The normalized spacial score (nSPS) is 10.1. The highest BCUT2D eigenvalue weighted by Gasteiger charge is 2.11. The molecule has 0 bridgehead atoms. The van der Waals surface area contributed by atoms with Gasteiger partial charge < -0.3 is 0 Å². The van der Waals surface area contributed by atoms with Crippen LogP contribution in [0.3, 0.4) is 0 Å². The average molecular weight is 296 g/mol. The molecule has 2 aromatic carbocycles. The van der Waals surface area contributed by atoms with Crippen LogP contribution in [0.4, 0.5) is 0 Å². The van der Waals surface area contributed by atoms with Gasteiger partial charge in [-0.3, -0.25) is 4.79 Å². The first-order chi connectivity index (χ1) is 7.68. The predicted molar refractivity (Wildman–Crippen MR) is 69.0 cm³/mol. The Hall–Kier alpha value is -1.12. The molecule has 2 rings (SSSR count). The molecule has 0 heterocycles. The van der Waals surface area contributed by atoms with Crippen LogP contribution in [0.15, 0.2) is 53.0 Å².